The minimum atomic E-state index is -0.517. The SMILES string of the molecule is COc1cc(Oc2ccccc2C)c(F)cc1N. The average molecular weight is 247 g/mol. The smallest absolute Gasteiger partial charge is 0.168 e. The minimum absolute atomic E-state index is 0.0929. The largest absolute Gasteiger partial charge is 0.494 e. The summed E-state index contributed by atoms with van der Waals surface area (Å²) in [6.07, 6.45) is 0. The van der Waals surface area contributed by atoms with Crippen LogP contribution in [0, 0.1) is 12.7 Å². The van der Waals surface area contributed by atoms with Crippen molar-refractivity contribution in [3.05, 3.63) is 47.8 Å². The fourth-order valence-corrected chi connectivity index (χ4v) is 1.59. The monoisotopic (exact) mass is 247 g/mol. The summed E-state index contributed by atoms with van der Waals surface area (Å²) in [7, 11) is 1.47. The van der Waals surface area contributed by atoms with E-state index in [-0.39, 0.29) is 11.4 Å². The van der Waals surface area contributed by atoms with Crippen LogP contribution >= 0.6 is 0 Å². The topological polar surface area (TPSA) is 44.5 Å². The molecule has 18 heavy (non-hydrogen) atoms. The number of nitrogen functional groups attached to an aromatic ring is 1. The van der Waals surface area contributed by atoms with Gasteiger partial charge in [0.1, 0.15) is 11.5 Å². The number of benzene rings is 2. The van der Waals surface area contributed by atoms with Crippen molar-refractivity contribution in [1.29, 1.82) is 0 Å². The van der Waals surface area contributed by atoms with Crippen molar-refractivity contribution in [2.45, 2.75) is 6.92 Å². The third-order valence-corrected chi connectivity index (χ3v) is 2.60. The van der Waals surface area contributed by atoms with Crippen LogP contribution in [-0.2, 0) is 0 Å². The van der Waals surface area contributed by atoms with Crippen LogP contribution in [0.3, 0.4) is 0 Å². The van der Waals surface area contributed by atoms with Crippen molar-refractivity contribution >= 4 is 5.69 Å². The number of ether oxygens (including phenoxy) is 2. The zero-order valence-electron chi connectivity index (χ0n) is 10.2. The molecular weight excluding hydrogens is 233 g/mol. The molecule has 0 spiro atoms. The van der Waals surface area contributed by atoms with Gasteiger partial charge in [-0.1, -0.05) is 18.2 Å². The Morgan fingerprint density at radius 1 is 1.06 bits per heavy atom. The molecule has 0 unspecified atom stereocenters. The van der Waals surface area contributed by atoms with Gasteiger partial charge in [0, 0.05) is 12.1 Å². The molecule has 94 valence electrons. The van der Waals surface area contributed by atoms with Crippen molar-refractivity contribution < 1.29 is 13.9 Å². The summed E-state index contributed by atoms with van der Waals surface area (Å²) >= 11 is 0. The first-order chi connectivity index (χ1) is 8.61. The van der Waals surface area contributed by atoms with E-state index in [4.69, 9.17) is 15.2 Å². The quantitative estimate of drug-likeness (QED) is 0.844. The van der Waals surface area contributed by atoms with E-state index in [0.717, 1.165) is 5.56 Å². The van der Waals surface area contributed by atoms with Gasteiger partial charge in [0.05, 0.1) is 12.8 Å². The number of hydrogen-bond acceptors (Lipinski definition) is 3. The highest BCUT2D eigenvalue weighted by atomic mass is 19.1. The average Bonchev–Trinajstić information content (AvgIpc) is 2.35. The van der Waals surface area contributed by atoms with Crippen LogP contribution in [0.2, 0.25) is 0 Å². The molecule has 0 atom stereocenters. The Labute approximate surface area is 105 Å². The van der Waals surface area contributed by atoms with Crippen LogP contribution in [0.4, 0.5) is 10.1 Å². The third kappa shape index (κ3) is 2.37. The summed E-state index contributed by atoms with van der Waals surface area (Å²) in [5.41, 5.74) is 6.77. The number of para-hydroxylation sites is 1. The van der Waals surface area contributed by atoms with E-state index in [2.05, 4.69) is 0 Å². The minimum Gasteiger partial charge on any atom is -0.494 e. The fraction of sp³-hybridized carbons (Fsp3) is 0.143. The first kappa shape index (κ1) is 12.2. The maximum atomic E-state index is 13.7. The molecule has 4 heteroatoms. The van der Waals surface area contributed by atoms with Gasteiger partial charge < -0.3 is 15.2 Å². The Kier molecular flexibility index (Phi) is 3.37. The van der Waals surface area contributed by atoms with Crippen LogP contribution in [0.15, 0.2) is 36.4 Å². The number of hydrogen-bond donors (Lipinski definition) is 1. The van der Waals surface area contributed by atoms with E-state index in [9.17, 15) is 4.39 Å². The molecule has 0 aliphatic rings. The van der Waals surface area contributed by atoms with Crippen LogP contribution in [0.1, 0.15) is 5.56 Å². The van der Waals surface area contributed by atoms with Gasteiger partial charge in [0.15, 0.2) is 11.6 Å². The van der Waals surface area contributed by atoms with Crippen molar-refractivity contribution in [1.82, 2.24) is 0 Å². The molecule has 2 aromatic rings. The molecule has 3 nitrogen and oxygen atoms in total. The number of halogens is 1. The zero-order chi connectivity index (χ0) is 13.1. The van der Waals surface area contributed by atoms with Crippen LogP contribution in [0.5, 0.6) is 17.2 Å². The summed E-state index contributed by atoms with van der Waals surface area (Å²) < 4.78 is 24.3. The lowest BCUT2D eigenvalue weighted by molar-refractivity contribution is 0.402. The summed E-state index contributed by atoms with van der Waals surface area (Å²) in [5, 5.41) is 0. The maximum Gasteiger partial charge on any atom is 0.168 e. The molecule has 0 amide bonds. The maximum absolute atomic E-state index is 13.7. The highest BCUT2D eigenvalue weighted by Gasteiger charge is 2.11. The first-order valence-electron chi connectivity index (χ1n) is 5.48. The van der Waals surface area contributed by atoms with Gasteiger partial charge in [0.2, 0.25) is 0 Å². The summed E-state index contributed by atoms with van der Waals surface area (Å²) in [5.74, 6) is 0.565. The van der Waals surface area contributed by atoms with Crippen molar-refractivity contribution in [3.8, 4) is 17.2 Å². The Balaban J connectivity index is 2.38. The molecule has 0 fully saturated rings. The molecule has 2 rings (SSSR count). The zero-order valence-corrected chi connectivity index (χ0v) is 10.2. The second kappa shape index (κ2) is 4.96. The molecule has 0 radical (unpaired) electrons. The molecule has 0 aromatic heterocycles. The van der Waals surface area contributed by atoms with Gasteiger partial charge in [-0.05, 0) is 18.6 Å². The Hall–Kier alpha value is -2.23. The third-order valence-electron chi connectivity index (χ3n) is 2.60. The number of methoxy groups -OCH3 is 1. The van der Waals surface area contributed by atoms with Gasteiger partial charge in [-0.2, -0.15) is 0 Å². The summed E-state index contributed by atoms with van der Waals surface area (Å²) in [6, 6.07) is 10.0. The summed E-state index contributed by atoms with van der Waals surface area (Å²) in [6.45, 7) is 1.89. The molecule has 0 heterocycles. The molecule has 2 aromatic carbocycles. The van der Waals surface area contributed by atoms with Gasteiger partial charge in [-0.15, -0.1) is 0 Å². The Bertz CT molecular complexity index is 570. The standard InChI is InChI=1S/C14H14FNO2/c1-9-5-3-4-6-12(9)18-13-8-14(17-2)11(16)7-10(13)15/h3-8H,16H2,1-2H3. The number of rotatable bonds is 3. The molecule has 0 bridgehead atoms. The predicted molar refractivity (Wildman–Crippen MR) is 68.6 cm³/mol. The second-order valence-corrected chi connectivity index (χ2v) is 3.89. The number of aryl methyl sites for hydroxylation is 1. The molecule has 2 N–H and O–H groups in total. The van der Waals surface area contributed by atoms with E-state index in [1.165, 1.54) is 19.2 Å². The molecule has 0 saturated carbocycles. The van der Waals surface area contributed by atoms with E-state index >= 15 is 0 Å². The highest BCUT2D eigenvalue weighted by Crippen LogP contribution is 2.33. The Morgan fingerprint density at radius 3 is 2.44 bits per heavy atom. The van der Waals surface area contributed by atoms with Gasteiger partial charge in [-0.25, -0.2) is 4.39 Å². The normalized spacial score (nSPS) is 10.2. The molecular formula is C14H14FNO2. The number of nitrogens with two attached hydrogens (primary N) is 1. The highest BCUT2D eigenvalue weighted by molar-refractivity contribution is 5.57. The number of anilines is 1. The Morgan fingerprint density at radius 2 is 1.78 bits per heavy atom. The molecule has 0 aliphatic carbocycles. The van der Waals surface area contributed by atoms with E-state index in [1.54, 1.807) is 6.07 Å². The van der Waals surface area contributed by atoms with E-state index < -0.39 is 5.82 Å². The fourth-order valence-electron chi connectivity index (χ4n) is 1.59. The van der Waals surface area contributed by atoms with E-state index in [0.29, 0.717) is 11.5 Å². The van der Waals surface area contributed by atoms with Gasteiger partial charge >= 0.3 is 0 Å². The van der Waals surface area contributed by atoms with Crippen molar-refractivity contribution in [3.63, 3.8) is 0 Å². The van der Waals surface area contributed by atoms with Crippen LogP contribution < -0.4 is 15.2 Å². The predicted octanol–water partition coefficient (Wildman–Crippen LogP) is 3.52. The van der Waals surface area contributed by atoms with Gasteiger partial charge in [-0.3, -0.25) is 0 Å². The van der Waals surface area contributed by atoms with Gasteiger partial charge in [0.25, 0.3) is 0 Å². The van der Waals surface area contributed by atoms with Crippen molar-refractivity contribution in [2.24, 2.45) is 0 Å². The van der Waals surface area contributed by atoms with Crippen LogP contribution in [-0.4, -0.2) is 7.11 Å². The molecule has 0 saturated heterocycles. The van der Waals surface area contributed by atoms with Crippen molar-refractivity contribution in [2.75, 3.05) is 12.8 Å². The molecule has 0 aliphatic heterocycles. The van der Waals surface area contributed by atoms with Crippen LogP contribution in [0.25, 0.3) is 0 Å². The lowest BCUT2D eigenvalue weighted by atomic mass is 10.2. The second-order valence-electron chi connectivity index (χ2n) is 3.89. The summed E-state index contributed by atoms with van der Waals surface area (Å²) in [4.78, 5) is 0. The van der Waals surface area contributed by atoms with E-state index in [1.807, 2.05) is 25.1 Å². The first-order valence-corrected chi connectivity index (χ1v) is 5.48. The lowest BCUT2D eigenvalue weighted by Gasteiger charge is -2.11. The lowest BCUT2D eigenvalue weighted by Crippen LogP contribution is -1.96.